The van der Waals surface area contributed by atoms with Crippen LogP contribution in [0.15, 0.2) is 34.7 Å². The number of thiazole rings is 1. The predicted octanol–water partition coefficient (Wildman–Crippen LogP) is 3.79. The monoisotopic (exact) mass is 331 g/mol. The van der Waals surface area contributed by atoms with Crippen LogP contribution in [0.2, 0.25) is 0 Å². The summed E-state index contributed by atoms with van der Waals surface area (Å²) in [6.45, 7) is 9.86. The Morgan fingerprint density at radius 2 is 2.04 bits per heavy atom. The number of rotatable bonds is 7. The first-order chi connectivity index (χ1) is 11.0. The van der Waals surface area contributed by atoms with Crippen molar-refractivity contribution in [3.8, 4) is 0 Å². The second-order valence-electron chi connectivity index (χ2n) is 6.05. The van der Waals surface area contributed by atoms with Crippen molar-refractivity contribution < 1.29 is 0 Å². The Balaban J connectivity index is 2.01. The molecule has 0 aliphatic heterocycles. The zero-order valence-electron chi connectivity index (χ0n) is 14.2. The molecular formula is C17H25N5S. The molecule has 2 rings (SSSR count). The number of aromatic nitrogens is 1. The summed E-state index contributed by atoms with van der Waals surface area (Å²) in [5.41, 5.74) is 10.8. The second kappa shape index (κ2) is 8.08. The smallest absolute Gasteiger partial charge is 0.205 e. The van der Waals surface area contributed by atoms with Crippen molar-refractivity contribution in [2.24, 2.45) is 5.10 Å². The highest BCUT2D eigenvalue weighted by Crippen LogP contribution is 2.16. The Bertz CT molecular complexity index is 640. The SMILES string of the molecule is CC(C)N(Cc1cccc(C=NNc2nc(N)cs2)c1)C(C)C. The van der Waals surface area contributed by atoms with Gasteiger partial charge in [0.25, 0.3) is 0 Å². The summed E-state index contributed by atoms with van der Waals surface area (Å²) in [5.74, 6) is 0.511. The van der Waals surface area contributed by atoms with E-state index in [0.717, 1.165) is 12.1 Å². The fourth-order valence-corrected chi connectivity index (χ4v) is 2.99. The average Bonchev–Trinajstić information content (AvgIpc) is 2.90. The van der Waals surface area contributed by atoms with Crippen molar-refractivity contribution in [3.05, 3.63) is 40.8 Å². The molecule has 0 saturated heterocycles. The Morgan fingerprint density at radius 3 is 2.65 bits per heavy atom. The van der Waals surface area contributed by atoms with E-state index in [1.165, 1.54) is 16.9 Å². The van der Waals surface area contributed by atoms with Crippen LogP contribution in [0.25, 0.3) is 0 Å². The molecule has 0 fully saturated rings. The lowest BCUT2D eigenvalue weighted by molar-refractivity contribution is 0.166. The molecule has 0 bridgehead atoms. The minimum absolute atomic E-state index is 0.511. The predicted molar refractivity (Wildman–Crippen MR) is 100 cm³/mol. The number of nitrogen functional groups attached to an aromatic ring is 1. The molecule has 124 valence electrons. The van der Waals surface area contributed by atoms with Gasteiger partial charge in [0.15, 0.2) is 0 Å². The average molecular weight is 331 g/mol. The summed E-state index contributed by atoms with van der Waals surface area (Å²) < 4.78 is 0. The quantitative estimate of drug-likeness (QED) is 0.598. The standard InChI is InChI=1S/C17H25N5S/c1-12(2)22(13(3)4)10-15-7-5-6-14(8-15)9-19-21-17-20-16(18)11-23-17/h5-9,11-13H,10,18H2,1-4H3,(H,20,21). The van der Waals surface area contributed by atoms with Gasteiger partial charge >= 0.3 is 0 Å². The van der Waals surface area contributed by atoms with Crippen LogP contribution in [0, 0.1) is 0 Å². The molecule has 3 N–H and O–H groups in total. The molecular weight excluding hydrogens is 306 g/mol. The summed E-state index contributed by atoms with van der Waals surface area (Å²) in [6, 6.07) is 9.47. The Labute approximate surface area is 142 Å². The van der Waals surface area contributed by atoms with E-state index in [2.05, 4.69) is 66.3 Å². The van der Waals surface area contributed by atoms with E-state index < -0.39 is 0 Å². The molecule has 0 aliphatic rings. The highest BCUT2D eigenvalue weighted by molar-refractivity contribution is 7.14. The van der Waals surface area contributed by atoms with E-state index in [9.17, 15) is 0 Å². The lowest BCUT2D eigenvalue weighted by Gasteiger charge is -2.30. The molecule has 0 aliphatic carbocycles. The number of hydrogen-bond acceptors (Lipinski definition) is 6. The fraction of sp³-hybridized carbons (Fsp3) is 0.412. The fourth-order valence-electron chi connectivity index (χ4n) is 2.44. The Kier molecular flexibility index (Phi) is 6.12. The van der Waals surface area contributed by atoms with Gasteiger partial charge in [0, 0.05) is 24.0 Å². The maximum atomic E-state index is 5.58. The second-order valence-corrected chi connectivity index (χ2v) is 6.91. The maximum Gasteiger partial charge on any atom is 0.205 e. The van der Waals surface area contributed by atoms with Crippen LogP contribution in [-0.4, -0.2) is 28.2 Å². The molecule has 0 spiro atoms. The van der Waals surface area contributed by atoms with Gasteiger partial charge in [0.1, 0.15) is 5.82 Å². The van der Waals surface area contributed by atoms with Crippen LogP contribution in [0.4, 0.5) is 10.9 Å². The third-order valence-corrected chi connectivity index (χ3v) is 4.30. The molecule has 0 amide bonds. The third-order valence-electron chi connectivity index (χ3n) is 3.54. The lowest BCUT2D eigenvalue weighted by Crippen LogP contribution is -2.36. The Hall–Kier alpha value is -1.92. The van der Waals surface area contributed by atoms with Crippen molar-refractivity contribution in [1.29, 1.82) is 0 Å². The molecule has 0 saturated carbocycles. The van der Waals surface area contributed by atoms with Crippen molar-refractivity contribution in [2.45, 2.75) is 46.3 Å². The molecule has 1 heterocycles. The molecule has 23 heavy (non-hydrogen) atoms. The number of hydrogen-bond donors (Lipinski definition) is 2. The minimum Gasteiger partial charge on any atom is -0.383 e. The molecule has 2 aromatic rings. The molecule has 1 aromatic carbocycles. The zero-order chi connectivity index (χ0) is 16.8. The van der Waals surface area contributed by atoms with Crippen LogP contribution in [0.1, 0.15) is 38.8 Å². The molecule has 0 unspecified atom stereocenters. The first-order valence-electron chi connectivity index (χ1n) is 7.80. The van der Waals surface area contributed by atoms with Gasteiger partial charge in [-0.15, -0.1) is 11.3 Å². The number of nitrogens with one attached hydrogen (secondary N) is 1. The summed E-state index contributed by atoms with van der Waals surface area (Å²) in [5, 5.41) is 6.70. The van der Waals surface area contributed by atoms with Gasteiger partial charge in [-0.25, -0.2) is 4.98 Å². The number of nitrogens with two attached hydrogens (primary N) is 1. The van der Waals surface area contributed by atoms with Gasteiger partial charge in [0.2, 0.25) is 5.13 Å². The van der Waals surface area contributed by atoms with Crippen LogP contribution in [0.3, 0.4) is 0 Å². The van der Waals surface area contributed by atoms with Crippen molar-refractivity contribution in [1.82, 2.24) is 9.88 Å². The topological polar surface area (TPSA) is 66.5 Å². The van der Waals surface area contributed by atoms with E-state index in [1.54, 1.807) is 11.6 Å². The summed E-state index contributed by atoms with van der Waals surface area (Å²) in [6.07, 6.45) is 1.80. The summed E-state index contributed by atoms with van der Waals surface area (Å²) >= 11 is 1.44. The van der Waals surface area contributed by atoms with E-state index in [4.69, 9.17) is 5.73 Å². The molecule has 0 atom stereocenters. The number of benzene rings is 1. The molecule has 6 heteroatoms. The number of nitrogens with zero attached hydrogens (tertiary/aromatic N) is 3. The van der Waals surface area contributed by atoms with Gasteiger partial charge < -0.3 is 5.73 Å². The summed E-state index contributed by atoms with van der Waals surface area (Å²) in [4.78, 5) is 6.57. The van der Waals surface area contributed by atoms with Crippen molar-refractivity contribution >= 4 is 28.5 Å². The first kappa shape index (κ1) is 17.4. The van der Waals surface area contributed by atoms with Gasteiger partial charge in [-0.05, 0) is 44.9 Å². The van der Waals surface area contributed by atoms with E-state index in [0.29, 0.717) is 23.0 Å². The Morgan fingerprint density at radius 1 is 1.30 bits per heavy atom. The highest BCUT2D eigenvalue weighted by Gasteiger charge is 2.13. The largest absolute Gasteiger partial charge is 0.383 e. The van der Waals surface area contributed by atoms with Gasteiger partial charge in [-0.3, -0.25) is 10.3 Å². The number of hydrazone groups is 1. The van der Waals surface area contributed by atoms with Crippen LogP contribution >= 0.6 is 11.3 Å². The number of anilines is 2. The zero-order valence-corrected chi connectivity index (χ0v) is 15.0. The molecule has 1 aromatic heterocycles. The molecule has 0 radical (unpaired) electrons. The summed E-state index contributed by atoms with van der Waals surface area (Å²) in [7, 11) is 0. The van der Waals surface area contributed by atoms with Gasteiger partial charge in [-0.1, -0.05) is 18.2 Å². The third kappa shape index (κ3) is 5.33. The molecule has 5 nitrogen and oxygen atoms in total. The van der Waals surface area contributed by atoms with E-state index in [-0.39, 0.29) is 0 Å². The normalized spacial score (nSPS) is 12.0. The highest BCUT2D eigenvalue weighted by atomic mass is 32.1. The van der Waals surface area contributed by atoms with Gasteiger partial charge in [-0.2, -0.15) is 5.10 Å². The van der Waals surface area contributed by atoms with Crippen molar-refractivity contribution in [2.75, 3.05) is 11.2 Å². The first-order valence-corrected chi connectivity index (χ1v) is 8.68. The van der Waals surface area contributed by atoms with E-state index in [1.807, 2.05) is 6.07 Å². The minimum atomic E-state index is 0.511. The van der Waals surface area contributed by atoms with Crippen molar-refractivity contribution in [3.63, 3.8) is 0 Å². The van der Waals surface area contributed by atoms with Crippen LogP contribution in [-0.2, 0) is 6.54 Å². The van der Waals surface area contributed by atoms with E-state index >= 15 is 0 Å². The lowest BCUT2D eigenvalue weighted by atomic mass is 10.1. The maximum absolute atomic E-state index is 5.58. The van der Waals surface area contributed by atoms with Crippen LogP contribution < -0.4 is 11.2 Å². The van der Waals surface area contributed by atoms with Gasteiger partial charge in [0.05, 0.1) is 6.21 Å². The van der Waals surface area contributed by atoms with Crippen LogP contribution in [0.5, 0.6) is 0 Å².